The lowest BCUT2D eigenvalue weighted by Crippen LogP contribution is -2.43. The van der Waals surface area contributed by atoms with Gasteiger partial charge in [0.2, 0.25) is 5.91 Å². The van der Waals surface area contributed by atoms with Crippen molar-refractivity contribution < 1.29 is 9.59 Å². The molecule has 1 aromatic heterocycles. The number of carbonyl (C=O) groups is 2. The van der Waals surface area contributed by atoms with E-state index in [9.17, 15) is 9.59 Å². The molecule has 3 rings (SSSR count). The second-order valence-electron chi connectivity index (χ2n) is 6.09. The van der Waals surface area contributed by atoms with Crippen molar-refractivity contribution in [2.75, 3.05) is 5.32 Å². The normalized spacial score (nSPS) is 23.9. The third kappa shape index (κ3) is 2.66. The summed E-state index contributed by atoms with van der Waals surface area (Å²) in [5.41, 5.74) is 0.890. The van der Waals surface area contributed by atoms with Gasteiger partial charge in [0, 0.05) is 19.2 Å². The maximum Gasteiger partial charge on any atom is 0.252 e. The van der Waals surface area contributed by atoms with Crippen LogP contribution < -0.4 is 5.32 Å². The molecule has 2 heterocycles. The van der Waals surface area contributed by atoms with Crippen LogP contribution in [-0.4, -0.2) is 38.6 Å². The molecule has 0 aromatic carbocycles. The van der Waals surface area contributed by atoms with Gasteiger partial charge < -0.3 is 5.32 Å². The predicted molar refractivity (Wildman–Crippen MR) is 78.7 cm³/mol. The van der Waals surface area contributed by atoms with Crippen molar-refractivity contribution >= 4 is 17.6 Å². The number of nitrogens with zero attached hydrogens (tertiary/aromatic N) is 3. The molecule has 2 amide bonds. The Morgan fingerprint density at radius 3 is 2.57 bits per heavy atom. The van der Waals surface area contributed by atoms with Gasteiger partial charge in [-0.1, -0.05) is 19.3 Å². The number of aryl methyl sites for hydroxylation is 2. The standard InChI is InChI=1S/C15H22N4O2/c1-10-8-13(18(2)17-10)16-12-9-14(20)19(15(12)21)11-6-4-3-5-7-11/h8,11-12,16H,3-7,9H2,1-2H3. The molecule has 0 bridgehead atoms. The Morgan fingerprint density at radius 1 is 1.24 bits per heavy atom. The summed E-state index contributed by atoms with van der Waals surface area (Å²) in [4.78, 5) is 26.3. The highest BCUT2D eigenvalue weighted by atomic mass is 16.2. The molecule has 1 unspecified atom stereocenters. The molecule has 1 atom stereocenters. The summed E-state index contributed by atoms with van der Waals surface area (Å²) in [6, 6.07) is 1.55. The highest BCUT2D eigenvalue weighted by molar-refractivity contribution is 6.07. The van der Waals surface area contributed by atoms with Crippen molar-refractivity contribution in [2.45, 2.75) is 57.5 Å². The van der Waals surface area contributed by atoms with Crippen LogP contribution in [0.5, 0.6) is 0 Å². The highest BCUT2D eigenvalue weighted by Crippen LogP contribution is 2.28. The number of amides is 2. The molecule has 2 fully saturated rings. The van der Waals surface area contributed by atoms with Gasteiger partial charge in [-0.2, -0.15) is 5.10 Å². The Labute approximate surface area is 124 Å². The van der Waals surface area contributed by atoms with Crippen LogP contribution in [0.15, 0.2) is 6.07 Å². The lowest BCUT2D eigenvalue weighted by Gasteiger charge is -2.29. The second kappa shape index (κ2) is 5.50. The Morgan fingerprint density at radius 2 is 1.95 bits per heavy atom. The van der Waals surface area contributed by atoms with Crippen LogP contribution in [0.25, 0.3) is 0 Å². The molecule has 1 aliphatic carbocycles. The summed E-state index contributed by atoms with van der Waals surface area (Å²) in [5.74, 6) is 0.665. The largest absolute Gasteiger partial charge is 0.358 e. The van der Waals surface area contributed by atoms with Gasteiger partial charge in [0.25, 0.3) is 5.91 Å². The summed E-state index contributed by atoms with van der Waals surface area (Å²) in [5, 5.41) is 7.42. The number of rotatable bonds is 3. The molecule has 6 heteroatoms. The van der Waals surface area contributed by atoms with Crippen LogP contribution in [0.3, 0.4) is 0 Å². The first-order valence-electron chi connectivity index (χ1n) is 7.69. The first-order valence-corrected chi connectivity index (χ1v) is 7.69. The van der Waals surface area contributed by atoms with Gasteiger partial charge in [-0.25, -0.2) is 0 Å². The van der Waals surface area contributed by atoms with E-state index in [-0.39, 0.29) is 24.3 Å². The fraction of sp³-hybridized carbons (Fsp3) is 0.667. The minimum atomic E-state index is -0.450. The molecular weight excluding hydrogens is 268 g/mol. The molecule has 2 aliphatic rings. The van der Waals surface area contributed by atoms with Gasteiger partial charge in [0.05, 0.1) is 12.1 Å². The van der Waals surface area contributed by atoms with Crippen LogP contribution in [0.1, 0.15) is 44.2 Å². The van der Waals surface area contributed by atoms with E-state index < -0.39 is 6.04 Å². The monoisotopic (exact) mass is 290 g/mol. The van der Waals surface area contributed by atoms with E-state index in [2.05, 4.69) is 10.4 Å². The Balaban J connectivity index is 1.72. The first kappa shape index (κ1) is 14.1. The van der Waals surface area contributed by atoms with Gasteiger partial charge in [0.1, 0.15) is 11.9 Å². The Kier molecular flexibility index (Phi) is 3.69. The summed E-state index contributed by atoms with van der Waals surface area (Å²) in [6.07, 6.45) is 5.59. The second-order valence-corrected chi connectivity index (χ2v) is 6.09. The minimum Gasteiger partial charge on any atom is -0.358 e. The zero-order valence-corrected chi connectivity index (χ0v) is 12.6. The van der Waals surface area contributed by atoms with Crippen LogP contribution in [0, 0.1) is 6.92 Å². The van der Waals surface area contributed by atoms with E-state index in [0.29, 0.717) is 0 Å². The van der Waals surface area contributed by atoms with Crippen LogP contribution in [0.2, 0.25) is 0 Å². The van der Waals surface area contributed by atoms with Gasteiger partial charge in [-0.15, -0.1) is 0 Å². The quantitative estimate of drug-likeness (QED) is 0.859. The number of nitrogens with one attached hydrogen (secondary N) is 1. The van der Waals surface area contributed by atoms with E-state index in [4.69, 9.17) is 0 Å². The van der Waals surface area contributed by atoms with Gasteiger partial charge in [-0.3, -0.25) is 19.2 Å². The molecule has 0 spiro atoms. The molecular formula is C15H22N4O2. The molecule has 21 heavy (non-hydrogen) atoms. The van der Waals surface area contributed by atoms with Crippen molar-refractivity contribution in [3.63, 3.8) is 0 Å². The van der Waals surface area contributed by atoms with Crippen LogP contribution >= 0.6 is 0 Å². The molecule has 1 aliphatic heterocycles. The summed E-state index contributed by atoms with van der Waals surface area (Å²) < 4.78 is 1.70. The fourth-order valence-electron chi connectivity index (χ4n) is 3.41. The topological polar surface area (TPSA) is 67.2 Å². The smallest absolute Gasteiger partial charge is 0.252 e. The number of likely N-dealkylation sites (tertiary alicyclic amines) is 1. The molecule has 1 saturated carbocycles. The van der Waals surface area contributed by atoms with Gasteiger partial charge in [-0.05, 0) is 19.8 Å². The maximum absolute atomic E-state index is 12.6. The van der Waals surface area contributed by atoms with Gasteiger partial charge >= 0.3 is 0 Å². The number of hydrogen-bond donors (Lipinski definition) is 1. The molecule has 1 aromatic rings. The number of hydrogen-bond acceptors (Lipinski definition) is 4. The molecule has 0 radical (unpaired) electrons. The van der Waals surface area contributed by atoms with Crippen molar-refractivity contribution in [3.8, 4) is 0 Å². The van der Waals surface area contributed by atoms with Crippen molar-refractivity contribution in [2.24, 2.45) is 7.05 Å². The zero-order chi connectivity index (χ0) is 15.0. The van der Waals surface area contributed by atoms with E-state index >= 15 is 0 Å². The van der Waals surface area contributed by atoms with E-state index in [0.717, 1.165) is 37.2 Å². The molecule has 114 valence electrons. The lowest BCUT2D eigenvalue weighted by atomic mass is 9.94. The van der Waals surface area contributed by atoms with Crippen LogP contribution in [0.4, 0.5) is 5.82 Å². The average molecular weight is 290 g/mol. The van der Waals surface area contributed by atoms with Crippen molar-refractivity contribution in [1.82, 2.24) is 14.7 Å². The molecule has 6 nitrogen and oxygen atoms in total. The van der Waals surface area contributed by atoms with E-state index in [1.807, 2.05) is 20.0 Å². The van der Waals surface area contributed by atoms with E-state index in [1.54, 1.807) is 4.68 Å². The van der Waals surface area contributed by atoms with Crippen LogP contribution in [-0.2, 0) is 16.6 Å². The zero-order valence-electron chi connectivity index (χ0n) is 12.6. The molecule has 1 saturated heterocycles. The lowest BCUT2D eigenvalue weighted by molar-refractivity contribution is -0.141. The minimum absolute atomic E-state index is 0.0386. The SMILES string of the molecule is Cc1cc(NC2CC(=O)N(C3CCCCC3)C2=O)n(C)n1. The summed E-state index contributed by atoms with van der Waals surface area (Å²) >= 11 is 0. The Bertz CT molecular complexity index is 560. The summed E-state index contributed by atoms with van der Waals surface area (Å²) in [6.45, 7) is 1.90. The number of carbonyl (C=O) groups excluding carboxylic acids is 2. The van der Waals surface area contributed by atoms with Crippen molar-refractivity contribution in [1.29, 1.82) is 0 Å². The highest BCUT2D eigenvalue weighted by Gasteiger charge is 2.42. The first-order chi connectivity index (χ1) is 10.1. The Hall–Kier alpha value is -1.85. The van der Waals surface area contributed by atoms with Crippen molar-refractivity contribution in [3.05, 3.63) is 11.8 Å². The molecule has 1 N–H and O–H groups in total. The fourth-order valence-corrected chi connectivity index (χ4v) is 3.41. The number of aromatic nitrogens is 2. The third-order valence-corrected chi connectivity index (χ3v) is 4.45. The average Bonchev–Trinajstić information content (AvgIpc) is 2.91. The maximum atomic E-state index is 12.6. The van der Waals surface area contributed by atoms with E-state index in [1.165, 1.54) is 11.3 Å². The number of anilines is 1. The third-order valence-electron chi connectivity index (χ3n) is 4.45. The predicted octanol–water partition coefficient (Wildman–Crippen LogP) is 1.60. The van der Waals surface area contributed by atoms with Gasteiger partial charge in [0.15, 0.2) is 0 Å². The summed E-state index contributed by atoms with van der Waals surface area (Å²) in [7, 11) is 1.83. The number of imide groups is 1.